The number of hydrogen-bond acceptors (Lipinski definition) is 4. The summed E-state index contributed by atoms with van der Waals surface area (Å²) < 4.78 is 1.23. The van der Waals surface area contributed by atoms with Crippen molar-refractivity contribution in [1.82, 2.24) is 19.6 Å². The van der Waals surface area contributed by atoms with Gasteiger partial charge in [0.05, 0.1) is 6.20 Å². The van der Waals surface area contributed by atoms with E-state index in [0.717, 1.165) is 0 Å². The molecule has 0 unspecified atom stereocenters. The Bertz CT molecular complexity index is 441. The van der Waals surface area contributed by atoms with E-state index in [1.54, 1.807) is 0 Å². The van der Waals surface area contributed by atoms with Crippen LogP contribution in [0.25, 0.3) is 11.2 Å². The number of imidazole rings is 1. The number of aromatic nitrogens is 4. The SMILES string of the molecule is Nn1cnc2cnc(=O)[nH]c21. The Labute approximate surface area is 60.7 Å². The van der Waals surface area contributed by atoms with Gasteiger partial charge in [-0.05, 0) is 0 Å². The van der Waals surface area contributed by atoms with E-state index in [-0.39, 0.29) is 0 Å². The molecule has 0 aliphatic heterocycles. The molecule has 2 aromatic heterocycles. The molecule has 0 saturated heterocycles. The van der Waals surface area contributed by atoms with Gasteiger partial charge in [0.25, 0.3) is 0 Å². The highest BCUT2D eigenvalue weighted by atomic mass is 16.1. The fourth-order valence-electron chi connectivity index (χ4n) is 0.852. The molecule has 0 fully saturated rings. The number of nitrogen functional groups attached to an aromatic ring is 1. The number of nitrogens with two attached hydrogens (primary N) is 1. The van der Waals surface area contributed by atoms with Crippen molar-refractivity contribution in [2.45, 2.75) is 0 Å². The Balaban J connectivity index is 2.98. The van der Waals surface area contributed by atoms with E-state index in [0.29, 0.717) is 11.2 Å². The van der Waals surface area contributed by atoms with Crippen LogP contribution in [0.4, 0.5) is 0 Å². The van der Waals surface area contributed by atoms with E-state index >= 15 is 0 Å². The number of rotatable bonds is 0. The molecule has 0 atom stereocenters. The fourth-order valence-corrected chi connectivity index (χ4v) is 0.852. The minimum absolute atomic E-state index is 0.426. The number of H-pyrrole nitrogens is 1. The zero-order chi connectivity index (χ0) is 7.84. The molecule has 0 radical (unpaired) electrons. The summed E-state index contributed by atoms with van der Waals surface area (Å²) in [4.78, 5) is 20.5. The Hall–Kier alpha value is -1.85. The topological polar surface area (TPSA) is 89.6 Å². The molecule has 0 amide bonds. The molecule has 0 bridgehead atoms. The molecule has 2 aromatic rings. The van der Waals surface area contributed by atoms with Crippen LogP contribution >= 0.6 is 0 Å². The maximum atomic E-state index is 10.7. The zero-order valence-corrected chi connectivity index (χ0v) is 5.48. The van der Waals surface area contributed by atoms with Gasteiger partial charge in [-0.2, -0.15) is 4.98 Å². The molecule has 0 aromatic carbocycles. The number of aromatic amines is 1. The van der Waals surface area contributed by atoms with E-state index in [1.807, 2.05) is 0 Å². The summed E-state index contributed by atoms with van der Waals surface area (Å²) in [5.74, 6) is 5.40. The second-order valence-electron chi connectivity index (χ2n) is 2.07. The van der Waals surface area contributed by atoms with E-state index in [4.69, 9.17) is 5.84 Å². The lowest BCUT2D eigenvalue weighted by molar-refractivity contribution is 0.994. The minimum Gasteiger partial charge on any atom is -0.336 e. The quantitative estimate of drug-likeness (QED) is 0.464. The summed E-state index contributed by atoms with van der Waals surface area (Å²) in [5.41, 5.74) is 0.627. The highest BCUT2D eigenvalue weighted by Gasteiger charge is 1.99. The lowest BCUT2D eigenvalue weighted by atomic mass is 10.6. The van der Waals surface area contributed by atoms with Crippen molar-refractivity contribution in [3.63, 3.8) is 0 Å². The second-order valence-corrected chi connectivity index (χ2v) is 2.07. The second kappa shape index (κ2) is 1.82. The highest BCUT2D eigenvalue weighted by molar-refractivity contribution is 5.68. The summed E-state index contributed by atoms with van der Waals surface area (Å²) in [7, 11) is 0. The van der Waals surface area contributed by atoms with Gasteiger partial charge >= 0.3 is 5.69 Å². The molecule has 2 heterocycles. The van der Waals surface area contributed by atoms with Crippen molar-refractivity contribution >= 4 is 11.2 Å². The zero-order valence-electron chi connectivity index (χ0n) is 5.48. The summed E-state index contributed by atoms with van der Waals surface area (Å²) in [5, 5.41) is 0. The number of nitrogens with zero attached hydrogens (tertiary/aromatic N) is 3. The van der Waals surface area contributed by atoms with E-state index in [9.17, 15) is 4.79 Å². The van der Waals surface area contributed by atoms with Crippen LogP contribution in [0.1, 0.15) is 0 Å². The van der Waals surface area contributed by atoms with Crippen LogP contribution in [0, 0.1) is 0 Å². The predicted octanol–water partition coefficient (Wildman–Crippen LogP) is -1.17. The van der Waals surface area contributed by atoms with Gasteiger partial charge in [0, 0.05) is 0 Å². The largest absolute Gasteiger partial charge is 0.346 e. The molecule has 0 saturated carbocycles. The van der Waals surface area contributed by atoms with Crippen molar-refractivity contribution in [3.8, 4) is 0 Å². The standard InChI is InChI=1S/C5H5N5O/c6-10-2-8-3-1-7-5(11)9-4(3)10/h1-2H,6H2,(H,7,9,11). The van der Waals surface area contributed by atoms with Crippen LogP contribution < -0.4 is 11.5 Å². The van der Waals surface area contributed by atoms with Crippen molar-refractivity contribution in [3.05, 3.63) is 23.0 Å². The molecular weight excluding hydrogens is 146 g/mol. The van der Waals surface area contributed by atoms with E-state index < -0.39 is 5.69 Å². The first-order valence-corrected chi connectivity index (χ1v) is 2.95. The maximum absolute atomic E-state index is 10.7. The molecule has 0 aliphatic rings. The molecule has 0 spiro atoms. The third-order valence-electron chi connectivity index (χ3n) is 1.35. The van der Waals surface area contributed by atoms with Crippen LogP contribution in [-0.2, 0) is 0 Å². The third-order valence-corrected chi connectivity index (χ3v) is 1.35. The predicted molar refractivity (Wildman–Crippen MR) is 38.3 cm³/mol. The summed E-state index contributed by atoms with van der Waals surface area (Å²) in [6, 6.07) is 0. The highest BCUT2D eigenvalue weighted by Crippen LogP contribution is 2.00. The van der Waals surface area contributed by atoms with Crippen LogP contribution in [0.15, 0.2) is 17.3 Å². The van der Waals surface area contributed by atoms with Gasteiger partial charge in [-0.1, -0.05) is 0 Å². The monoisotopic (exact) mass is 151 g/mol. The first kappa shape index (κ1) is 5.90. The Morgan fingerprint density at radius 2 is 2.36 bits per heavy atom. The fraction of sp³-hybridized carbons (Fsp3) is 0. The number of fused-ring (bicyclic) bond motifs is 1. The third kappa shape index (κ3) is 0.759. The molecule has 0 aliphatic carbocycles. The van der Waals surface area contributed by atoms with Crippen molar-refractivity contribution in [2.75, 3.05) is 5.84 Å². The first-order chi connectivity index (χ1) is 5.27. The summed E-state index contributed by atoms with van der Waals surface area (Å²) in [6.45, 7) is 0. The molecule has 56 valence electrons. The average Bonchev–Trinajstić information content (AvgIpc) is 2.33. The smallest absolute Gasteiger partial charge is 0.336 e. The Morgan fingerprint density at radius 1 is 1.55 bits per heavy atom. The Kier molecular flexibility index (Phi) is 0.974. The van der Waals surface area contributed by atoms with Crippen LogP contribution in [0.5, 0.6) is 0 Å². The van der Waals surface area contributed by atoms with Gasteiger partial charge in [-0.25, -0.2) is 14.5 Å². The normalized spacial score (nSPS) is 10.5. The molecule has 6 heteroatoms. The minimum atomic E-state index is -0.426. The molecular formula is C5H5N5O. The van der Waals surface area contributed by atoms with Crippen molar-refractivity contribution in [1.29, 1.82) is 0 Å². The van der Waals surface area contributed by atoms with Gasteiger partial charge in [0.15, 0.2) is 5.65 Å². The Morgan fingerprint density at radius 3 is 3.18 bits per heavy atom. The molecule has 3 N–H and O–H groups in total. The summed E-state index contributed by atoms with van der Waals surface area (Å²) >= 11 is 0. The lowest BCUT2D eigenvalue weighted by Crippen LogP contribution is -2.13. The van der Waals surface area contributed by atoms with Crippen LogP contribution in [0.2, 0.25) is 0 Å². The molecule has 2 rings (SSSR count). The van der Waals surface area contributed by atoms with Crippen molar-refractivity contribution < 1.29 is 0 Å². The van der Waals surface area contributed by atoms with Crippen molar-refractivity contribution in [2.24, 2.45) is 0 Å². The molecule has 11 heavy (non-hydrogen) atoms. The molecule has 6 nitrogen and oxygen atoms in total. The van der Waals surface area contributed by atoms with Gasteiger partial charge in [0.2, 0.25) is 0 Å². The van der Waals surface area contributed by atoms with E-state index in [1.165, 1.54) is 17.2 Å². The lowest BCUT2D eigenvalue weighted by Gasteiger charge is -1.90. The van der Waals surface area contributed by atoms with Gasteiger partial charge in [-0.3, -0.25) is 4.98 Å². The van der Waals surface area contributed by atoms with Gasteiger partial charge < -0.3 is 5.84 Å². The van der Waals surface area contributed by atoms with Gasteiger partial charge in [-0.15, -0.1) is 0 Å². The maximum Gasteiger partial charge on any atom is 0.346 e. The average molecular weight is 151 g/mol. The number of nitrogens with one attached hydrogen (secondary N) is 1. The summed E-state index contributed by atoms with van der Waals surface area (Å²) in [6.07, 6.45) is 2.78. The van der Waals surface area contributed by atoms with Crippen LogP contribution in [0.3, 0.4) is 0 Å². The van der Waals surface area contributed by atoms with Crippen LogP contribution in [-0.4, -0.2) is 19.6 Å². The first-order valence-electron chi connectivity index (χ1n) is 2.95. The van der Waals surface area contributed by atoms with E-state index in [2.05, 4.69) is 15.0 Å². The number of hydrogen-bond donors (Lipinski definition) is 2. The van der Waals surface area contributed by atoms with Gasteiger partial charge in [0.1, 0.15) is 11.8 Å².